The van der Waals surface area contributed by atoms with Crippen molar-refractivity contribution in [2.24, 2.45) is 5.92 Å². The first-order chi connectivity index (χ1) is 11.4. The number of hydrogen-bond acceptors (Lipinski definition) is 4. The van der Waals surface area contributed by atoms with Gasteiger partial charge in [-0.2, -0.15) is 0 Å². The second-order valence-corrected chi connectivity index (χ2v) is 9.42. The molecule has 0 aliphatic carbocycles. The lowest BCUT2D eigenvalue weighted by Gasteiger charge is -2.33. The number of piperidine rings is 1. The molecule has 2 aromatic rings. The highest BCUT2D eigenvalue weighted by Crippen LogP contribution is 2.34. The second kappa shape index (κ2) is 6.63. The molecule has 5 heteroatoms. The number of anilines is 1. The van der Waals surface area contributed by atoms with Crippen LogP contribution in [0, 0.1) is 5.92 Å². The lowest BCUT2D eigenvalue weighted by atomic mass is 9.99. The first-order valence-corrected chi connectivity index (χ1v) is 10.1. The van der Waals surface area contributed by atoms with E-state index < -0.39 is 15.1 Å². The molecule has 4 nitrogen and oxygen atoms in total. The van der Waals surface area contributed by atoms with E-state index in [0.29, 0.717) is 22.1 Å². The van der Waals surface area contributed by atoms with Gasteiger partial charge in [-0.05, 0) is 62.9 Å². The van der Waals surface area contributed by atoms with E-state index >= 15 is 0 Å². The number of nitrogens with zero attached hydrogens (tertiary/aromatic N) is 1. The number of benzene rings is 1. The van der Waals surface area contributed by atoms with Crippen LogP contribution in [0.15, 0.2) is 45.9 Å². The molecule has 130 valence electrons. The normalized spacial score (nSPS) is 19.0. The van der Waals surface area contributed by atoms with Crippen molar-refractivity contribution < 1.29 is 12.8 Å². The summed E-state index contributed by atoms with van der Waals surface area (Å²) in [5.74, 6) is 1.26. The van der Waals surface area contributed by atoms with Gasteiger partial charge in [0.2, 0.25) is 0 Å². The first kappa shape index (κ1) is 17.1. The van der Waals surface area contributed by atoms with Crippen molar-refractivity contribution in [1.82, 2.24) is 0 Å². The molecule has 0 amide bonds. The predicted molar refractivity (Wildman–Crippen MR) is 97.1 cm³/mol. The molecule has 1 atom stereocenters. The lowest BCUT2D eigenvalue weighted by molar-refractivity contribution is 0.447. The van der Waals surface area contributed by atoms with Crippen LogP contribution >= 0.6 is 0 Å². The van der Waals surface area contributed by atoms with Gasteiger partial charge in [-0.3, -0.25) is 0 Å². The Balaban J connectivity index is 2.09. The largest absolute Gasteiger partial charge is 0.464 e. The fraction of sp³-hybridized carbons (Fsp3) is 0.474. The summed E-state index contributed by atoms with van der Waals surface area (Å²) in [4.78, 5) is 2.69. The molecule has 1 unspecified atom stereocenters. The van der Waals surface area contributed by atoms with Crippen LogP contribution in [0.4, 0.5) is 5.69 Å². The van der Waals surface area contributed by atoms with Crippen molar-refractivity contribution >= 4 is 15.5 Å². The highest BCUT2D eigenvalue weighted by molar-refractivity contribution is 7.92. The zero-order valence-corrected chi connectivity index (χ0v) is 15.3. The van der Waals surface area contributed by atoms with Crippen LogP contribution in [0.1, 0.15) is 33.6 Å². The topological polar surface area (TPSA) is 50.5 Å². The molecular weight excluding hydrogens is 322 g/mol. The molecule has 1 aliphatic heterocycles. The molecule has 1 aromatic heterocycles. The average molecular weight is 347 g/mol. The molecule has 0 radical (unpaired) electrons. The lowest BCUT2D eigenvalue weighted by Crippen LogP contribution is -2.34. The first-order valence-electron chi connectivity index (χ1n) is 8.56. The fourth-order valence-corrected chi connectivity index (χ4v) is 4.50. The molecular formula is C19H25NO3S. The molecule has 2 heterocycles. The van der Waals surface area contributed by atoms with Crippen molar-refractivity contribution in [2.45, 2.75) is 43.8 Å². The highest BCUT2D eigenvalue weighted by atomic mass is 32.2. The van der Waals surface area contributed by atoms with Gasteiger partial charge in [-0.1, -0.05) is 6.92 Å². The van der Waals surface area contributed by atoms with Gasteiger partial charge in [-0.25, -0.2) is 8.42 Å². The molecule has 0 saturated carbocycles. The van der Waals surface area contributed by atoms with Crippen LogP contribution in [-0.4, -0.2) is 26.8 Å². The Bertz CT molecular complexity index is 794. The van der Waals surface area contributed by atoms with E-state index in [1.165, 1.54) is 12.8 Å². The Morgan fingerprint density at radius 2 is 2.04 bits per heavy atom. The quantitative estimate of drug-likeness (QED) is 0.824. The van der Waals surface area contributed by atoms with E-state index in [2.05, 4.69) is 11.8 Å². The minimum absolute atomic E-state index is 0.348. The number of rotatable bonds is 4. The third-order valence-electron chi connectivity index (χ3n) is 4.70. The third-order valence-corrected chi connectivity index (χ3v) is 6.91. The van der Waals surface area contributed by atoms with Crippen LogP contribution in [0.25, 0.3) is 11.3 Å². The van der Waals surface area contributed by atoms with Crippen molar-refractivity contribution in [1.29, 1.82) is 0 Å². The maximum absolute atomic E-state index is 12.7. The van der Waals surface area contributed by atoms with Crippen molar-refractivity contribution in [2.75, 3.05) is 18.0 Å². The minimum atomic E-state index is -3.37. The summed E-state index contributed by atoms with van der Waals surface area (Å²) < 4.78 is 31.0. The van der Waals surface area contributed by atoms with E-state index in [0.717, 1.165) is 18.8 Å². The number of sulfone groups is 1. The number of hydrogen-bond donors (Lipinski definition) is 0. The smallest absolute Gasteiger partial charge is 0.181 e. The van der Waals surface area contributed by atoms with E-state index in [1.54, 1.807) is 32.2 Å². The highest BCUT2D eigenvalue weighted by Gasteiger charge is 2.26. The Kier molecular flexibility index (Phi) is 4.72. The van der Waals surface area contributed by atoms with Crippen molar-refractivity contribution in [3.63, 3.8) is 0 Å². The molecule has 1 aliphatic rings. The maximum Gasteiger partial charge on any atom is 0.181 e. The van der Waals surface area contributed by atoms with E-state index in [-0.39, 0.29) is 0 Å². The third kappa shape index (κ3) is 3.22. The zero-order chi connectivity index (χ0) is 17.3. The van der Waals surface area contributed by atoms with Gasteiger partial charge in [0, 0.05) is 24.3 Å². The molecule has 1 saturated heterocycles. The van der Waals surface area contributed by atoms with Gasteiger partial charge in [0.15, 0.2) is 9.84 Å². The minimum Gasteiger partial charge on any atom is -0.464 e. The summed E-state index contributed by atoms with van der Waals surface area (Å²) in [7, 11) is -3.37. The van der Waals surface area contributed by atoms with Crippen LogP contribution in [0.2, 0.25) is 0 Å². The van der Waals surface area contributed by atoms with Gasteiger partial charge < -0.3 is 9.32 Å². The number of furan rings is 1. The van der Waals surface area contributed by atoms with Crippen molar-refractivity contribution in [3.8, 4) is 11.3 Å². The average Bonchev–Trinajstić information content (AvgIpc) is 3.08. The summed E-state index contributed by atoms with van der Waals surface area (Å²) in [6.07, 6.45) is 4.00. The molecule has 1 fully saturated rings. The van der Waals surface area contributed by atoms with E-state index in [1.807, 2.05) is 18.2 Å². The van der Waals surface area contributed by atoms with Crippen molar-refractivity contribution in [3.05, 3.63) is 36.6 Å². The van der Waals surface area contributed by atoms with Crippen LogP contribution in [-0.2, 0) is 9.84 Å². The Labute approximate surface area is 144 Å². The predicted octanol–water partition coefficient (Wildman–Crippen LogP) is 4.37. The summed E-state index contributed by atoms with van der Waals surface area (Å²) in [6.45, 7) is 7.70. The molecule has 0 spiro atoms. The SMILES string of the molecule is CC1CCCN(c2ccc(S(=O)(=O)C(C)C)c(-c3ccco3)c2)C1. The van der Waals surface area contributed by atoms with Crippen LogP contribution in [0.5, 0.6) is 0 Å². The zero-order valence-electron chi connectivity index (χ0n) is 14.5. The Morgan fingerprint density at radius 1 is 1.25 bits per heavy atom. The fourth-order valence-electron chi connectivity index (χ4n) is 3.26. The van der Waals surface area contributed by atoms with Crippen LogP contribution < -0.4 is 4.90 Å². The maximum atomic E-state index is 12.7. The summed E-state index contributed by atoms with van der Waals surface area (Å²) in [5.41, 5.74) is 1.72. The monoisotopic (exact) mass is 347 g/mol. The van der Waals surface area contributed by atoms with Gasteiger partial charge >= 0.3 is 0 Å². The standard InChI is InChI=1S/C19H25NO3S/c1-14(2)24(21,22)19-9-8-16(20-10-4-6-15(3)13-20)12-17(19)18-7-5-11-23-18/h5,7-9,11-12,14-15H,4,6,10,13H2,1-3H3. The second-order valence-electron chi connectivity index (χ2n) is 6.94. The Morgan fingerprint density at radius 3 is 2.67 bits per heavy atom. The molecule has 3 rings (SSSR count). The molecule has 1 aromatic carbocycles. The van der Waals surface area contributed by atoms with E-state index in [4.69, 9.17) is 4.42 Å². The summed E-state index contributed by atoms with van der Waals surface area (Å²) in [6, 6.07) is 9.24. The molecule has 0 N–H and O–H groups in total. The van der Waals surface area contributed by atoms with Gasteiger partial charge in [0.05, 0.1) is 16.4 Å². The summed E-state index contributed by atoms with van der Waals surface area (Å²) in [5, 5.41) is -0.466. The molecule has 0 bridgehead atoms. The van der Waals surface area contributed by atoms with Gasteiger partial charge in [0.25, 0.3) is 0 Å². The van der Waals surface area contributed by atoms with Gasteiger partial charge in [0.1, 0.15) is 5.76 Å². The van der Waals surface area contributed by atoms with E-state index in [9.17, 15) is 8.42 Å². The Hall–Kier alpha value is -1.75. The summed E-state index contributed by atoms with van der Waals surface area (Å²) >= 11 is 0. The van der Waals surface area contributed by atoms with Gasteiger partial charge in [-0.15, -0.1) is 0 Å². The van der Waals surface area contributed by atoms with Crippen LogP contribution in [0.3, 0.4) is 0 Å². The molecule has 24 heavy (non-hydrogen) atoms.